The van der Waals surface area contributed by atoms with Crippen molar-refractivity contribution in [2.24, 2.45) is 11.1 Å². The van der Waals surface area contributed by atoms with Gasteiger partial charge < -0.3 is 11.1 Å². The largest absolute Gasteiger partial charge is 0.369 e. The highest BCUT2D eigenvalue weighted by Crippen LogP contribution is 2.39. The molecule has 0 saturated heterocycles. The van der Waals surface area contributed by atoms with Crippen molar-refractivity contribution in [1.82, 2.24) is 15.3 Å². The average Bonchev–Trinajstić information content (AvgIpc) is 2.26. The minimum absolute atomic E-state index is 0.111. The van der Waals surface area contributed by atoms with E-state index < -0.39 is 5.91 Å². The molecule has 0 aliphatic heterocycles. The van der Waals surface area contributed by atoms with E-state index in [1.807, 2.05) is 6.20 Å². The Hall–Kier alpha value is -1.49. The molecule has 0 radical (unpaired) electrons. The monoisotopic (exact) mass is 262 g/mol. The Morgan fingerprint density at radius 3 is 2.95 bits per heavy atom. The van der Waals surface area contributed by atoms with Crippen molar-refractivity contribution >= 4 is 5.91 Å². The summed E-state index contributed by atoms with van der Waals surface area (Å²) in [6.07, 6.45) is 3.95. The first-order chi connectivity index (χ1) is 8.91. The number of nitrogens with two attached hydrogens (primary N) is 1. The maximum Gasteiger partial charge on any atom is 0.225 e. The normalized spacial score (nSPS) is 20.9. The topological polar surface area (TPSA) is 80.9 Å². The van der Waals surface area contributed by atoms with Crippen molar-refractivity contribution in [3.8, 4) is 0 Å². The lowest BCUT2D eigenvalue weighted by Crippen LogP contribution is -2.34. The van der Waals surface area contributed by atoms with Gasteiger partial charge in [0.05, 0.1) is 6.42 Å². The van der Waals surface area contributed by atoms with Crippen LogP contribution in [0, 0.1) is 5.41 Å². The van der Waals surface area contributed by atoms with Crippen LogP contribution < -0.4 is 11.1 Å². The fourth-order valence-corrected chi connectivity index (χ4v) is 2.76. The molecule has 1 aromatic heterocycles. The molecule has 0 spiro atoms. The van der Waals surface area contributed by atoms with E-state index in [1.165, 1.54) is 0 Å². The molecule has 0 aromatic carbocycles. The summed E-state index contributed by atoms with van der Waals surface area (Å²) in [6.45, 7) is 7.51. The fraction of sp³-hybridized carbons (Fsp3) is 0.643. The molecule has 1 atom stereocenters. The molecule has 104 valence electrons. The van der Waals surface area contributed by atoms with Crippen molar-refractivity contribution < 1.29 is 4.79 Å². The summed E-state index contributed by atoms with van der Waals surface area (Å²) in [5, 5.41) is 3.48. The van der Waals surface area contributed by atoms with E-state index in [-0.39, 0.29) is 11.8 Å². The van der Waals surface area contributed by atoms with Crippen LogP contribution in [-0.4, -0.2) is 22.4 Å². The molecule has 3 N–H and O–H groups in total. The molecule has 1 aliphatic rings. The van der Waals surface area contributed by atoms with E-state index in [0.29, 0.717) is 11.9 Å². The highest BCUT2D eigenvalue weighted by atomic mass is 16.1. The quantitative estimate of drug-likeness (QED) is 0.852. The van der Waals surface area contributed by atoms with Crippen molar-refractivity contribution in [3.05, 3.63) is 23.3 Å². The van der Waals surface area contributed by atoms with Crippen LogP contribution in [0.15, 0.2) is 6.20 Å². The zero-order valence-electron chi connectivity index (χ0n) is 11.9. The number of amides is 1. The molecule has 2 rings (SSSR count). The van der Waals surface area contributed by atoms with Crippen molar-refractivity contribution in [2.75, 3.05) is 6.54 Å². The number of nitrogens with one attached hydrogen (secondary N) is 1. The van der Waals surface area contributed by atoms with E-state index in [4.69, 9.17) is 5.73 Å². The first-order valence-electron chi connectivity index (χ1n) is 6.77. The Labute approximate surface area is 114 Å². The highest BCUT2D eigenvalue weighted by Gasteiger charge is 2.33. The SMILES string of the molecule is CCNC1CC(C)(C)Cc2nc(CC(N)=O)ncc21. The van der Waals surface area contributed by atoms with Gasteiger partial charge in [0.1, 0.15) is 5.82 Å². The van der Waals surface area contributed by atoms with Crippen molar-refractivity contribution in [3.63, 3.8) is 0 Å². The molecule has 1 aliphatic carbocycles. The third-order valence-corrected chi connectivity index (χ3v) is 3.51. The Kier molecular flexibility index (Phi) is 3.85. The number of aromatic nitrogens is 2. The third kappa shape index (κ3) is 3.29. The molecule has 5 nitrogen and oxygen atoms in total. The van der Waals surface area contributed by atoms with Gasteiger partial charge in [0.25, 0.3) is 0 Å². The minimum Gasteiger partial charge on any atom is -0.369 e. The number of nitrogens with zero attached hydrogens (tertiary/aromatic N) is 2. The molecular formula is C14H22N4O. The maximum absolute atomic E-state index is 11.0. The predicted molar refractivity (Wildman–Crippen MR) is 73.5 cm³/mol. The highest BCUT2D eigenvalue weighted by molar-refractivity contribution is 5.75. The molecule has 0 saturated carbocycles. The number of hydrogen-bond donors (Lipinski definition) is 2. The van der Waals surface area contributed by atoms with Gasteiger partial charge >= 0.3 is 0 Å². The molecule has 0 fully saturated rings. The van der Waals surface area contributed by atoms with Crippen LogP contribution in [0.3, 0.4) is 0 Å². The molecule has 1 heterocycles. The second-order valence-electron chi connectivity index (χ2n) is 5.99. The molecule has 1 unspecified atom stereocenters. The predicted octanol–water partition coefficient (Wildman–Crippen LogP) is 1.13. The number of rotatable bonds is 4. The summed E-state index contributed by atoms with van der Waals surface area (Å²) in [5.74, 6) is 0.137. The van der Waals surface area contributed by atoms with Crippen LogP contribution in [-0.2, 0) is 17.6 Å². The standard InChI is InChI=1S/C14H22N4O/c1-4-16-10-6-14(2,3)7-11-9(10)8-17-13(18-11)5-12(15)19/h8,10,16H,4-7H2,1-3H3,(H2,15,19). The van der Waals surface area contributed by atoms with Crippen LogP contribution in [0.1, 0.15) is 50.3 Å². The number of carbonyl (C=O) groups is 1. The van der Waals surface area contributed by atoms with Crippen LogP contribution >= 0.6 is 0 Å². The summed E-state index contributed by atoms with van der Waals surface area (Å²) in [6, 6.07) is 0.298. The number of hydrogen-bond acceptors (Lipinski definition) is 4. The molecule has 1 amide bonds. The molecule has 1 aromatic rings. The van der Waals surface area contributed by atoms with Crippen LogP contribution in [0.25, 0.3) is 0 Å². The fourth-order valence-electron chi connectivity index (χ4n) is 2.76. The van der Waals surface area contributed by atoms with Crippen molar-refractivity contribution in [2.45, 2.75) is 46.1 Å². The number of fused-ring (bicyclic) bond motifs is 1. The summed E-state index contributed by atoms with van der Waals surface area (Å²) in [7, 11) is 0. The van der Waals surface area contributed by atoms with Gasteiger partial charge in [-0.1, -0.05) is 20.8 Å². The van der Waals surface area contributed by atoms with E-state index in [2.05, 4.69) is 36.1 Å². The lowest BCUT2D eigenvalue weighted by Gasteiger charge is -2.36. The van der Waals surface area contributed by atoms with Gasteiger partial charge in [-0.15, -0.1) is 0 Å². The number of carbonyl (C=O) groups excluding carboxylic acids is 1. The summed E-state index contributed by atoms with van der Waals surface area (Å²) in [4.78, 5) is 19.8. The molecule has 5 heteroatoms. The Bertz CT molecular complexity index is 484. The lowest BCUT2D eigenvalue weighted by atomic mass is 9.74. The lowest BCUT2D eigenvalue weighted by molar-refractivity contribution is -0.117. The minimum atomic E-state index is -0.391. The average molecular weight is 262 g/mol. The zero-order chi connectivity index (χ0) is 14.0. The van der Waals surface area contributed by atoms with Gasteiger partial charge in [-0.25, -0.2) is 9.97 Å². The smallest absolute Gasteiger partial charge is 0.225 e. The first-order valence-corrected chi connectivity index (χ1v) is 6.77. The Morgan fingerprint density at radius 2 is 2.32 bits per heavy atom. The Morgan fingerprint density at radius 1 is 1.58 bits per heavy atom. The van der Waals surface area contributed by atoms with Crippen LogP contribution in [0.2, 0.25) is 0 Å². The van der Waals surface area contributed by atoms with Gasteiger partial charge in [-0.05, 0) is 24.8 Å². The van der Waals surface area contributed by atoms with E-state index in [9.17, 15) is 4.79 Å². The van der Waals surface area contributed by atoms with Gasteiger partial charge in [-0.2, -0.15) is 0 Å². The van der Waals surface area contributed by atoms with Crippen LogP contribution in [0.5, 0.6) is 0 Å². The Balaban J connectivity index is 2.33. The number of primary amides is 1. The zero-order valence-corrected chi connectivity index (χ0v) is 11.9. The molecular weight excluding hydrogens is 240 g/mol. The van der Waals surface area contributed by atoms with Crippen molar-refractivity contribution in [1.29, 1.82) is 0 Å². The second kappa shape index (κ2) is 5.25. The van der Waals surface area contributed by atoms with Gasteiger partial charge in [0.15, 0.2) is 0 Å². The van der Waals surface area contributed by atoms with Gasteiger partial charge in [-0.3, -0.25) is 4.79 Å². The molecule has 0 bridgehead atoms. The van der Waals surface area contributed by atoms with Crippen LogP contribution in [0.4, 0.5) is 0 Å². The summed E-state index contributed by atoms with van der Waals surface area (Å²) >= 11 is 0. The van der Waals surface area contributed by atoms with E-state index >= 15 is 0 Å². The van der Waals surface area contributed by atoms with E-state index in [0.717, 1.165) is 30.6 Å². The maximum atomic E-state index is 11.0. The van der Waals surface area contributed by atoms with Gasteiger partial charge in [0.2, 0.25) is 5.91 Å². The third-order valence-electron chi connectivity index (χ3n) is 3.51. The van der Waals surface area contributed by atoms with E-state index in [1.54, 1.807) is 0 Å². The summed E-state index contributed by atoms with van der Waals surface area (Å²) in [5.41, 5.74) is 7.62. The molecule has 19 heavy (non-hydrogen) atoms. The first kappa shape index (κ1) is 13.9. The van der Waals surface area contributed by atoms with Gasteiger partial charge in [0, 0.05) is 23.5 Å². The second-order valence-corrected chi connectivity index (χ2v) is 5.99. The summed E-state index contributed by atoms with van der Waals surface area (Å²) < 4.78 is 0.